The maximum Gasteiger partial charge on any atom is 0.360 e. The largest absolute Gasteiger partial charge is 0.472 e. The summed E-state index contributed by atoms with van der Waals surface area (Å²) in [5.74, 6) is -0.503. The molecular formula is C11H14N4O3. The Balaban J connectivity index is 2.29. The first kappa shape index (κ1) is 12.3. The molecule has 0 amide bonds. The minimum Gasteiger partial charge on any atom is -0.472 e. The molecule has 0 aliphatic rings. The van der Waals surface area contributed by atoms with E-state index in [4.69, 9.17) is 10.2 Å². The minimum absolute atomic E-state index is 0.214. The number of esters is 1. The summed E-state index contributed by atoms with van der Waals surface area (Å²) in [6.45, 7) is 0.887. The zero-order chi connectivity index (χ0) is 13.0. The summed E-state index contributed by atoms with van der Waals surface area (Å²) in [5.41, 5.74) is 7.36. The fourth-order valence-corrected chi connectivity index (χ4v) is 1.65. The first-order chi connectivity index (χ1) is 8.76. The zero-order valence-electron chi connectivity index (χ0n) is 10.00. The minimum atomic E-state index is -0.503. The van der Waals surface area contributed by atoms with Gasteiger partial charge in [0.25, 0.3) is 0 Å². The van der Waals surface area contributed by atoms with E-state index in [9.17, 15) is 4.79 Å². The van der Waals surface area contributed by atoms with Gasteiger partial charge in [0.2, 0.25) is 0 Å². The van der Waals surface area contributed by atoms with E-state index in [1.165, 1.54) is 7.11 Å². The molecule has 0 bridgehead atoms. The standard InChI is InChI=1S/C11H14N4O3/c1-17-11(16)10-9(2-4-12)15(14-13-10)6-8-3-5-18-7-8/h3,5,7H,2,4,6,12H2,1H3. The van der Waals surface area contributed by atoms with Crippen molar-refractivity contribution in [2.45, 2.75) is 13.0 Å². The van der Waals surface area contributed by atoms with Gasteiger partial charge in [-0.3, -0.25) is 0 Å². The molecule has 2 N–H and O–H groups in total. The molecule has 0 saturated heterocycles. The molecule has 0 saturated carbocycles. The third-order valence-corrected chi connectivity index (χ3v) is 2.51. The van der Waals surface area contributed by atoms with E-state index in [0.717, 1.165) is 5.56 Å². The topological polar surface area (TPSA) is 96.2 Å². The van der Waals surface area contributed by atoms with Crippen molar-refractivity contribution in [2.24, 2.45) is 5.73 Å². The number of ether oxygens (including phenoxy) is 1. The Bertz CT molecular complexity index is 518. The van der Waals surface area contributed by atoms with E-state index < -0.39 is 5.97 Å². The average Bonchev–Trinajstić information content (AvgIpc) is 3.01. The summed E-state index contributed by atoms with van der Waals surface area (Å²) < 4.78 is 11.3. The van der Waals surface area contributed by atoms with Crippen LogP contribution in [-0.4, -0.2) is 34.6 Å². The van der Waals surface area contributed by atoms with Crippen LogP contribution < -0.4 is 5.73 Å². The van der Waals surface area contributed by atoms with Crippen LogP contribution in [0.4, 0.5) is 0 Å². The highest BCUT2D eigenvalue weighted by atomic mass is 16.5. The molecule has 0 unspecified atom stereocenters. The highest BCUT2D eigenvalue weighted by Crippen LogP contribution is 2.11. The van der Waals surface area contributed by atoms with Crippen molar-refractivity contribution < 1.29 is 13.9 Å². The van der Waals surface area contributed by atoms with E-state index in [0.29, 0.717) is 25.2 Å². The SMILES string of the molecule is COC(=O)c1nnn(Cc2ccoc2)c1CCN. The molecule has 0 atom stereocenters. The normalized spacial score (nSPS) is 10.6. The maximum atomic E-state index is 11.5. The number of furan rings is 1. The molecule has 0 aromatic carbocycles. The molecule has 96 valence electrons. The van der Waals surface area contributed by atoms with Gasteiger partial charge < -0.3 is 14.9 Å². The lowest BCUT2D eigenvalue weighted by Crippen LogP contribution is -2.14. The highest BCUT2D eigenvalue weighted by molar-refractivity contribution is 5.88. The van der Waals surface area contributed by atoms with Gasteiger partial charge in [0, 0.05) is 12.0 Å². The number of hydrogen-bond donors (Lipinski definition) is 1. The second-order valence-electron chi connectivity index (χ2n) is 3.70. The fourth-order valence-electron chi connectivity index (χ4n) is 1.65. The van der Waals surface area contributed by atoms with Crippen molar-refractivity contribution in [1.82, 2.24) is 15.0 Å². The van der Waals surface area contributed by atoms with Gasteiger partial charge in [0.15, 0.2) is 5.69 Å². The number of methoxy groups -OCH3 is 1. The molecule has 7 heteroatoms. The van der Waals surface area contributed by atoms with E-state index in [2.05, 4.69) is 15.0 Å². The van der Waals surface area contributed by atoms with Crippen LogP contribution in [0, 0.1) is 0 Å². The molecule has 0 fully saturated rings. The van der Waals surface area contributed by atoms with Crippen LogP contribution in [0.15, 0.2) is 23.0 Å². The summed E-state index contributed by atoms with van der Waals surface area (Å²) in [6.07, 6.45) is 3.71. The van der Waals surface area contributed by atoms with Gasteiger partial charge in [0.1, 0.15) is 0 Å². The predicted octanol–water partition coefficient (Wildman–Crippen LogP) is 0.207. The maximum absolute atomic E-state index is 11.5. The fraction of sp³-hybridized carbons (Fsp3) is 0.364. The predicted molar refractivity (Wildman–Crippen MR) is 61.9 cm³/mol. The van der Waals surface area contributed by atoms with Gasteiger partial charge in [-0.1, -0.05) is 5.21 Å². The molecule has 2 aromatic rings. The average molecular weight is 250 g/mol. The first-order valence-corrected chi connectivity index (χ1v) is 5.48. The number of aromatic nitrogens is 3. The van der Waals surface area contributed by atoms with Crippen LogP contribution in [0.25, 0.3) is 0 Å². The van der Waals surface area contributed by atoms with Crippen LogP contribution in [0.5, 0.6) is 0 Å². The summed E-state index contributed by atoms with van der Waals surface area (Å²) in [7, 11) is 1.31. The van der Waals surface area contributed by atoms with Crippen molar-refractivity contribution in [3.63, 3.8) is 0 Å². The number of carbonyl (C=O) groups is 1. The third-order valence-electron chi connectivity index (χ3n) is 2.51. The lowest BCUT2D eigenvalue weighted by Gasteiger charge is -2.04. The van der Waals surface area contributed by atoms with Crippen molar-refractivity contribution >= 4 is 5.97 Å². The summed E-state index contributed by atoms with van der Waals surface area (Å²) in [6, 6.07) is 1.83. The summed E-state index contributed by atoms with van der Waals surface area (Å²) in [4.78, 5) is 11.5. The van der Waals surface area contributed by atoms with Crippen molar-refractivity contribution in [1.29, 1.82) is 0 Å². The van der Waals surface area contributed by atoms with E-state index >= 15 is 0 Å². The summed E-state index contributed by atoms with van der Waals surface area (Å²) >= 11 is 0. The molecule has 0 aliphatic heterocycles. The molecule has 0 aliphatic carbocycles. The van der Waals surface area contributed by atoms with Gasteiger partial charge in [0.05, 0.1) is 31.9 Å². The van der Waals surface area contributed by atoms with Crippen molar-refractivity contribution in [3.8, 4) is 0 Å². The number of rotatable bonds is 5. The molecule has 0 spiro atoms. The van der Waals surface area contributed by atoms with Gasteiger partial charge >= 0.3 is 5.97 Å². The van der Waals surface area contributed by atoms with Crippen LogP contribution in [-0.2, 0) is 17.7 Å². The second kappa shape index (κ2) is 5.46. The Morgan fingerprint density at radius 1 is 1.61 bits per heavy atom. The monoisotopic (exact) mass is 250 g/mol. The molecule has 2 aromatic heterocycles. The third kappa shape index (κ3) is 2.40. The molecule has 7 nitrogen and oxygen atoms in total. The van der Waals surface area contributed by atoms with Gasteiger partial charge in [-0.25, -0.2) is 9.48 Å². The van der Waals surface area contributed by atoms with Crippen molar-refractivity contribution in [3.05, 3.63) is 35.5 Å². The lowest BCUT2D eigenvalue weighted by atomic mass is 10.2. The molecule has 18 heavy (non-hydrogen) atoms. The summed E-state index contributed by atoms with van der Waals surface area (Å²) in [5, 5.41) is 7.79. The Morgan fingerprint density at radius 2 is 2.44 bits per heavy atom. The first-order valence-electron chi connectivity index (χ1n) is 5.48. The second-order valence-corrected chi connectivity index (χ2v) is 3.70. The number of hydrogen-bond acceptors (Lipinski definition) is 6. The van der Waals surface area contributed by atoms with Gasteiger partial charge in [-0.15, -0.1) is 5.10 Å². The number of nitrogens with zero attached hydrogens (tertiary/aromatic N) is 3. The van der Waals surface area contributed by atoms with Gasteiger partial charge in [-0.05, 0) is 12.6 Å². The van der Waals surface area contributed by atoms with Crippen molar-refractivity contribution in [2.75, 3.05) is 13.7 Å². The lowest BCUT2D eigenvalue weighted by molar-refractivity contribution is 0.0592. The van der Waals surface area contributed by atoms with E-state index in [-0.39, 0.29) is 5.69 Å². The molecule has 0 radical (unpaired) electrons. The number of carbonyl (C=O) groups excluding carboxylic acids is 1. The Labute approximate surface area is 104 Å². The quantitative estimate of drug-likeness (QED) is 0.762. The Hall–Kier alpha value is -2.15. The van der Waals surface area contributed by atoms with Gasteiger partial charge in [-0.2, -0.15) is 0 Å². The smallest absolute Gasteiger partial charge is 0.360 e. The Kier molecular flexibility index (Phi) is 3.73. The molecule has 2 heterocycles. The van der Waals surface area contributed by atoms with Crippen LogP contribution in [0.3, 0.4) is 0 Å². The molecular weight excluding hydrogens is 236 g/mol. The van der Waals surface area contributed by atoms with E-state index in [1.54, 1.807) is 17.2 Å². The highest BCUT2D eigenvalue weighted by Gasteiger charge is 2.19. The molecule has 2 rings (SSSR count). The Morgan fingerprint density at radius 3 is 3.06 bits per heavy atom. The van der Waals surface area contributed by atoms with Crippen LogP contribution >= 0.6 is 0 Å². The number of nitrogens with two attached hydrogens (primary N) is 1. The van der Waals surface area contributed by atoms with Crippen LogP contribution in [0.1, 0.15) is 21.7 Å². The van der Waals surface area contributed by atoms with E-state index in [1.807, 2.05) is 6.07 Å². The van der Waals surface area contributed by atoms with Crippen LogP contribution in [0.2, 0.25) is 0 Å². The zero-order valence-corrected chi connectivity index (χ0v) is 10.00.